The molecule has 0 N–H and O–H groups in total. The summed E-state index contributed by atoms with van der Waals surface area (Å²) in [4.78, 5) is 0. The zero-order chi connectivity index (χ0) is 37.3. The molecule has 0 fully saturated rings. The van der Waals surface area contributed by atoms with E-state index in [1.54, 1.807) is 0 Å². The highest BCUT2D eigenvalue weighted by atomic mass is 14.4. The van der Waals surface area contributed by atoms with Crippen LogP contribution in [0.4, 0.5) is 0 Å². The molecule has 10 rings (SSSR count). The number of allylic oxidation sites excluding steroid dienone is 12. The third-order valence-corrected chi connectivity index (χ3v) is 11.7. The fourth-order valence-electron chi connectivity index (χ4n) is 9.25. The Balaban J connectivity index is 1.32. The third kappa shape index (κ3) is 6.05. The molecule has 0 saturated heterocycles. The molecule has 0 radical (unpaired) electrons. The van der Waals surface area contributed by atoms with E-state index in [0.717, 1.165) is 19.3 Å². The van der Waals surface area contributed by atoms with Gasteiger partial charge in [-0.1, -0.05) is 206 Å². The predicted octanol–water partition coefficient (Wildman–Crippen LogP) is 14.9. The lowest BCUT2D eigenvalue weighted by molar-refractivity contribution is 0.813. The van der Waals surface area contributed by atoms with Crippen LogP contribution in [-0.2, 0) is 0 Å². The Bertz CT molecular complexity index is 2660. The second-order valence-electron chi connectivity index (χ2n) is 15.0. The van der Waals surface area contributed by atoms with E-state index in [9.17, 15) is 0 Å². The topological polar surface area (TPSA) is 0 Å². The maximum atomic E-state index is 2.61. The lowest BCUT2D eigenvalue weighted by Crippen LogP contribution is -2.06. The largest absolute Gasteiger partial charge is 0.0836 e. The summed E-state index contributed by atoms with van der Waals surface area (Å²) in [7, 11) is 0. The standard InChI is InChI=1S/C56H42/c1-7-21-39(22-8-1)45-33-19-34-46(40-23-9-2-10-24-40)53(45)51-37-43-29-15-5-17-31-49(43)55(51)56-50-32-18-6-16-30-44(50)38-52(56)54-47(41-25-11-3-12-26-41)35-20-36-48(54)42-27-13-4-14-28-42/h1-19,21-29,31-35,37-38,44H,20,30,36H2/t44-/m0/s1. The first-order chi connectivity index (χ1) is 27.8. The van der Waals surface area contributed by atoms with Gasteiger partial charge in [0.25, 0.3) is 0 Å². The predicted molar refractivity (Wildman–Crippen MR) is 238 cm³/mol. The summed E-state index contributed by atoms with van der Waals surface area (Å²) in [6, 6.07) is 64.6. The van der Waals surface area contributed by atoms with Crippen molar-refractivity contribution >= 4 is 16.7 Å². The summed E-state index contributed by atoms with van der Waals surface area (Å²) in [5.41, 5.74) is 22.0. The highest BCUT2D eigenvalue weighted by molar-refractivity contribution is 6.12. The van der Waals surface area contributed by atoms with E-state index in [2.05, 4.69) is 212 Å². The van der Waals surface area contributed by atoms with E-state index in [1.807, 2.05) is 0 Å². The molecule has 5 aliphatic carbocycles. The highest BCUT2D eigenvalue weighted by Gasteiger charge is 2.36. The monoisotopic (exact) mass is 714 g/mol. The summed E-state index contributed by atoms with van der Waals surface area (Å²) >= 11 is 0. The highest BCUT2D eigenvalue weighted by Crippen LogP contribution is 2.56. The minimum absolute atomic E-state index is 0.256. The van der Waals surface area contributed by atoms with Crippen LogP contribution in [-0.4, -0.2) is 0 Å². The van der Waals surface area contributed by atoms with Crippen molar-refractivity contribution in [2.24, 2.45) is 5.92 Å². The van der Waals surface area contributed by atoms with E-state index in [-0.39, 0.29) is 5.92 Å². The zero-order valence-electron chi connectivity index (χ0n) is 31.4. The molecule has 1 atom stereocenters. The van der Waals surface area contributed by atoms with Crippen molar-refractivity contribution in [1.29, 1.82) is 0 Å². The summed E-state index contributed by atoms with van der Waals surface area (Å²) in [6.45, 7) is 0. The molecule has 0 spiro atoms. The van der Waals surface area contributed by atoms with Crippen molar-refractivity contribution in [1.82, 2.24) is 0 Å². The van der Waals surface area contributed by atoms with Gasteiger partial charge in [-0.15, -0.1) is 0 Å². The molecule has 0 unspecified atom stereocenters. The van der Waals surface area contributed by atoms with E-state index in [0.29, 0.717) is 0 Å². The lowest BCUT2D eigenvalue weighted by Gasteiger charge is -2.27. The maximum Gasteiger partial charge on any atom is 0.00683 e. The number of hydrogen-bond acceptors (Lipinski definition) is 0. The van der Waals surface area contributed by atoms with Gasteiger partial charge in [0, 0.05) is 5.92 Å². The molecule has 0 aromatic heterocycles. The van der Waals surface area contributed by atoms with Crippen LogP contribution in [0.2, 0.25) is 0 Å². The molecule has 0 nitrogen and oxygen atoms in total. The first kappa shape index (κ1) is 33.8. The number of rotatable bonds is 7. The molecule has 0 amide bonds. The van der Waals surface area contributed by atoms with Crippen LogP contribution >= 0.6 is 0 Å². The van der Waals surface area contributed by atoms with Crippen LogP contribution < -0.4 is 0 Å². The van der Waals surface area contributed by atoms with E-state index in [4.69, 9.17) is 0 Å². The van der Waals surface area contributed by atoms with Crippen LogP contribution in [0.5, 0.6) is 0 Å². The Kier molecular flexibility index (Phi) is 8.94. The molecular formula is C56H42. The quantitative estimate of drug-likeness (QED) is 0.154. The van der Waals surface area contributed by atoms with Crippen molar-refractivity contribution in [3.63, 3.8) is 0 Å². The molecule has 0 aliphatic heterocycles. The van der Waals surface area contributed by atoms with Crippen molar-refractivity contribution in [2.75, 3.05) is 0 Å². The van der Waals surface area contributed by atoms with Crippen molar-refractivity contribution < 1.29 is 0 Å². The van der Waals surface area contributed by atoms with Gasteiger partial charge >= 0.3 is 0 Å². The number of fused-ring (bicyclic) bond motifs is 2. The van der Waals surface area contributed by atoms with Crippen LogP contribution in [0.15, 0.2) is 229 Å². The van der Waals surface area contributed by atoms with Gasteiger partial charge in [-0.25, -0.2) is 0 Å². The second kappa shape index (κ2) is 14.8. The molecule has 266 valence electrons. The minimum Gasteiger partial charge on any atom is -0.0836 e. The lowest BCUT2D eigenvalue weighted by atomic mass is 9.76. The van der Waals surface area contributed by atoms with Crippen LogP contribution in [0, 0.1) is 5.92 Å². The fourth-order valence-corrected chi connectivity index (χ4v) is 9.25. The molecule has 0 bridgehead atoms. The van der Waals surface area contributed by atoms with Crippen LogP contribution in [0.3, 0.4) is 0 Å². The number of benzene rings is 5. The van der Waals surface area contributed by atoms with Gasteiger partial charge in [0.2, 0.25) is 0 Å². The molecule has 56 heavy (non-hydrogen) atoms. The van der Waals surface area contributed by atoms with E-state index < -0.39 is 0 Å². The Labute approximate surface area is 330 Å². The SMILES string of the molecule is C1=CC[C@H]2C=C(C3=C(c4ccccc4)CCC=C3c3ccccc3)C(c3c4cccccc-4cc3-c3c(-c4ccccc4)cccc3-c3ccccc3)=C2C=C1. The molecule has 0 heterocycles. The molecule has 0 heteroatoms. The smallest absolute Gasteiger partial charge is 0.00683 e. The van der Waals surface area contributed by atoms with Crippen molar-refractivity contribution in [3.05, 3.63) is 246 Å². The molecule has 5 aliphatic rings. The van der Waals surface area contributed by atoms with Gasteiger partial charge in [-0.2, -0.15) is 0 Å². The number of hydrogen-bond donors (Lipinski definition) is 0. The van der Waals surface area contributed by atoms with Crippen LogP contribution in [0.25, 0.3) is 61.2 Å². The summed E-state index contributed by atoms with van der Waals surface area (Å²) in [5, 5.41) is 0. The Morgan fingerprint density at radius 1 is 0.411 bits per heavy atom. The Morgan fingerprint density at radius 2 is 0.946 bits per heavy atom. The normalized spacial score (nSPS) is 16.5. The second-order valence-corrected chi connectivity index (χ2v) is 15.0. The maximum absolute atomic E-state index is 2.61. The summed E-state index contributed by atoms with van der Waals surface area (Å²) < 4.78 is 0. The Morgan fingerprint density at radius 3 is 1.59 bits per heavy atom. The fraction of sp³-hybridized carbons (Fsp3) is 0.0714. The molecule has 0 saturated carbocycles. The van der Waals surface area contributed by atoms with Gasteiger partial charge < -0.3 is 0 Å². The van der Waals surface area contributed by atoms with Gasteiger partial charge in [-0.3, -0.25) is 0 Å². The first-order valence-electron chi connectivity index (χ1n) is 19.9. The molecular weight excluding hydrogens is 673 g/mol. The molecule has 5 aromatic rings. The minimum atomic E-state index is 0.256. The third-order valence-electron chi connectivity index (χ3n) is 11.7. The van der Waals surface area contributed by atoms with Gasteiger partial charge in [0.05, 0.1) is 0 Å². The van der Waals surface area contributed by atoms with Gasteiger partial charge in [0.15, 0.2) is 0 Å². The first-order valence-corrected chi connectivity index (χ1v) is 19.9. The van der Waals surface area contributed by atoms with Gasteiger partial charge in [-0.05, 0) is 120 Å². The van der Waals surface area contributed by atoms with E-state index >= 15 is 0 Å². The average molecular weight is 715 g/mol. The zero-order valence-corrected chi connectivity index (χ0v) is 31.4. The Hall–Kier alpha value is -6.76. The van der Waals surface area contributed by atoms with Crippen molar-refractivity contribution in [2.45, 2.75) is 19.3 Å². The summed E-state index contributed by atoms with van der Waals surface area (Å²) in [6.07, 6.45) is 17.3. The van der Waals surface area contributed by atoms with E-state index in [1.165, 1.54) is 94.6 Å². The van der Waals surface area contributed by atoms with Gasteiger partial charge in [0.1, 0.15) is 0 Å². The van der Waals surface area contributed by atoms with Crippen molar-refractivity contribution in [3.8, 4) is 44.5 Å². The summed E-state index contributed by atoms with van der Waals surface area (Å²) in [5.74, 6) is 0.256. The van der Waals surface area contributed by atoms with Crippen LogP contribution in [0.1, 0.15) is 36.0 Å². The average Bonchev–Trinajstić information content (AvgIpc) is 3.56. The molecule has 5 aromatic carbocycles.